The number of piperidine rings is 1. The number of nitrogens with one attached hydrogen (secondary N) is 2. The molecule has 0 spiro atoms. The third kappa shape index (κ3) is 15.6. The van der Waals surface area contributed by atoms with Gasteiger partial charge in [0.15, 0.2) is 0 Å². The Morgan fingerprint density at radius 2 is 1.70 bits per heavy atom. The molecule has 1 aromatic carbocycles. The number of hydrogen-bond acceptors (Lipinski definition) is 9. The number of aryl methyl sites for hydroxylation is 1. The number of amides is 4. The minimum Gasteiger partial charge on any atom is -0.399 e. The molecule has 0 radical (unpaired) electrons. The lowest BCUT2D eigenvalue weighted by molar-refractivity contribution is -0.138. The van der Waals surface area contributed by atoms with Crippen molar-refractivity contribution >= 4 is 29.8 Å². The average Bonchev–Trinajstić information content (AvgIpc) is 3.94. The molecule has 322 valence electrons. The fraction of sp³-hybridized carbons (Fsp3) is 0.767. The van der Waals surface area contributed by atoms with E-state index in [-0.39, 0.29) is 60.5 Å². The molecule has 4 rings (SSSR count). The van der Waals surface area contributed by atoms with E-state index in [0.717, 1.165) is 57.2 Å². The zero-order valence-corrected chi connectivity index (χ0v) is 36.8. The van der Waals surface area contributed by atoms with Gasteiger partial charge in [-0.3, -0.25) is 24.1 Å². The van der Waals surface area contributed by atoms with Gasteiger partial charge in [0.2, 0.25) is 24.1 Å². The number of benzene rings is 1. The molecule has 0 aromatic heterocycles. The molecule has 3 aliphatic rings. The maximum Gasteiger partial charge on any atom is 0.242 e. The Labute approximate surface area is 339 Å². The van der Waals surface area contributed by atoms with Crippen molar-refractivity contribution in [1.82, 2.24) is 25.3 Å². The van der Waals surface area contributed by atoms with Gasteiger partial charge in [-0.05, 0) is 82.0 Å². The van der Waals surface area contributed by atoms with E-state index in [9.17, 15) is 19.2 Å². The highest BCUT2D eigenvalue weighted by Crippen LogP contribution is 2.41. The fourth-order valence-corrected chi connectivity index (χ4v) is 8.20. The van der Waals surface area contributed by atoms with E-state index in [4.69, 9.17) is 19.9 Å². The number of ether oxygens (including phenoxy) is 3. The number of carbonyl (C=O) groups is 4. The zero-order valence-electron chi connectivity index (χ0n) is 36.8. The van der Waals surface area contributed by atoms with Gasteiger partial charge in [0.1, 0.15) is 0 Å². The smallest absolute Gasteiger partial charge is 0.242 e. The van der Waals surface area contributed by atoms with E-state index in [1.807, 2.05) is 52.2 Å². The molecule has 2 heterocycles. The molecule has 1 saturated carbocycles. The van der Waals surface area contributed by atoms with E-state index in [0.29, 0.717) is 31.0 Å². The summed E-state index contributed by atoms with van der Waals surface area (Å²) in [7, 11) is 8.75. The summed E-state index contributed by atoms with van der Waals surface area (Å²) in [5.74, 6) is 0.365. The molecule has 9 unspecified atom stereocenters. The quantitative estimate of drug-likeness (QED) is 0.114. The summed E-state index contributed by atoms with van der Waals surface area (Å²) in [6.45, 7) is 16.2. The molecular formula is C43H78N6O7. The highest BCUT2D eigenvalue weighted by molar-refractivity contribution is 5.88. The maximum atomic E-state index is 12.7. The lowest BCUT2D eigenvalue weighted by Crippen LogP contribution is -2.54. The van der Waals surface area contributed by atoms with Gasteiger partial charge in [0, 0.05) is 53.2 Å². The highest BCUT2D eigenvalue weighted by Gasteiger charge is 2.47. The van der Waals surface area contributed by atoms with Gasteiger partial charge in [-0.25, -0.2) is 0 Å². The minimum atomic E-state index is -0.299. The van der Waals surface area contributed by atoms with Crippen molar-refractivity contribution in [2.45, 2.75) is 136 Å². The second kappa shape index (κ2) is 27.4. The van der Waals surface area contributed by atoms with Crippen LogP contribution in [0.1, 0.15) is 98.5 Å². The van der Waals surface area contributed by atoms with E-state index < -0.39 is 0 Å². The van der Waals surface area contributed by atoms with Crippen LogP contribution in [-0.4, -0.2) is 137 Å². The molecule has 13 heteroatoms. The summed E-state index contributed by atoms with van der Waals surface area (Å²) < 4.78 is 16.0. The number of fused-ring (bicyclic) bond motifs is 2. The lowest BCUT2D eigenvalue weighted by Gasteiger charge is -2.37. The number of nitrogens with zero attached hydrogens (tertiary/aromatic N) is 3. The van der Waals surface area contributed by atoms with Gasteiger partial charge < -0.3 is 40.4 Å². The third-order valence-corrected chi connectivity index (χ3v) is 11.4. The van der Waals surface area contributed by atoms with E-state index in [1.54, 1.807) is 31.1 Å². The topological polar surface area (TPSA) is 156 Å². The van der Waals surface area contributed by atoms with Crippen molar-refractivity contribution in [2.24, 2.45) is 17.8 Å². The largest absolute Gasteiger partial charge is 0.399 e. The van der Waals surface area contributed by atoms with Crippen LogP contribution in [0.15, 0.2) is 24.3 Å². The van der Waals surface area contributed by atoms with Crippen LogP contribution in [-0.2, 0) is 33.4 Å². The van der Waals surface area contributed by atoms with Crippen LogP contribution in [0, 0.1) is 24.7 Å². The molecular weight excluding hydrogens is 713 g/mol. The molecule has 2 saturated heterocycles. The number of hydrogen-bond donors (Lipinski definition) is 3. The van der Waals surface area contributed by atoms with E-state index in [1.165, 1.54) is 18.4 Å². The summed E-state index contributed by atoms with van der Waals surface area (Å²) in [6.07, 6.45) is 8.94. The van der Waals surface area contributed by atoms with Crippen LogP contribution >= 0.6 is 0 Å². The number of anilines is 1. The number of nitrogen functional groups attached to an aromatic ring is 1. The predicted molar refractivity (Wildman–Crippen MR) is 225 cm³/mol. The monoisotopic (exact) mass is 791 g/mol. The Hall–Kier alpha value is -3.26. The number of likely N-dealkylation sites (N-methyl/N-ethyl adjacent to an activating group) is 2. The normalized spacial score (nSPS) is 22.4. The van der Waals surface area contributed by atoms with Crippen molar-refractivity contribution in [3.05, 3.63) is 29.8 Å². The lowest BCUT2D eigenvalue weighted by atomic mass is 9.91. The van der Waals surface area contributed by atoms with Crippen molar-refractivity contribution in [2.75, 3.05) is 67.4 Å². The summed E-state index contributed by atoms with van der Waals surface area (Å²) in [5.41, 5.74) is 7.51. The SMILES string of the molecule is CCC.CCC(C)C(C(CC)OC)N(C)C(=O)CNC(=O)C1C2CCC(C2)N1C.COCCNC(=O)C(C)C(OC)C1CCCN1C=O.Cc1cccc(N)c1. The number of methoxy groups -OCH3 is 3. The first-order valence-corrected chi connectivity index (χ1v) is 20.8. The Kier molecular flexibility index (Phi) is 24.8. The fourth-order valence-electron chi connectivity index (χ4n) is 8.20. The molecule has 56 heavy (non-hydrogen) atoms. The summed E-state index contributed by atoms with van der Waals surface area (Å²) >= 11 is 0. The summed E-state index contributed by atoms with van der Waals surface area (Å²) in [5, 5.41) is 5.70. The van der Waals surface area contributed by atoms with Crippen LogP contribution in [0.3, 0.4) is 0 Å². The minimum absolute atomic E-state index is 0.000299. The Morgan fingerprint density at radius 1 is 1.02 bits per heavy atom. The molecule has 2 aliphatic heterocycles. The predicted octanol–water partition coefficient (Wildman–Crippen LogP) is 4.90. The first kappa shape index (κ1) is 50.8. The summed E-state index contributed by atoms with van der Waals surface area (Å²) in [4.78, 5) is 54.1. The van der Waals surface area contributed by atoms with Gasteiger partial charge in [0.05, 0.1) is 49.4 Å². The Morgan fingerprint density at radius 3 is 2.18 bits per heavy atom. The van der Waals surface area contributed by atoms with Gasteiger partial charge in [-0.2, -0.15) is 0 Å². The Bertz CT molecular complexity index is 1260. The van der Waals surface area contributed by atoms with Crippen molar-refractivity contribution in [3.8, 4) is 0 Å². The molecule has 4 amide bonds. The molecule has 9 atom stereocenters. The van der Waals surface area contributed by atoms with Gasteiger partial charge in [0.25, 0.3) is 0 Å². The van der Waals surface area contributed by atoms with Gasteiger partial charge in [-0.1, -0.05) is 66.5 Å². The maximum absolute atomic E-state index is 12.7. The molecule has 4 N–H and O–H groups in total. The second-order valence-electron chi connectivity index (χ2n) is 15.6. The van der Waals surface area contributed by atoms with Crippen molar-refractivity contribution < 1.29 is 33.4 Å². The third-order valence-electron chi connectivity index (χ3n) is 11.4. The zero-order chi connectivity index (χ0) is 42.4. The number of carbonyl (C=O) groups excluding carboxylic acids is 4. The second-order valence-corrected chi connectivity index (χ2v) is 15.6. The molecule has 13 nitrogen and oxygen atoms in total. The number of nitrogens with two attached hydrogens (primary N) is 1. The van der Waals surface area contributed by atoms with Crippen LogP contribution in [0.25, 0.3) is 0 Å². The molecule has 2 bridgehead atoms. The molecule has 1 aromatic rings. The first-order valence-electron chi connectivity index (χ1n) is 20.8. The van der Waals surface area contributed by atoms with E-state index >= 15 is 0 Å². The number of rotatable bonds is 17. The molecule has 1 aliphatic carbocycles. The van der Waals surface area contributed by atoms with Crippen LogP contribution in [0.2, 0.25) is 0 Å². The van der Waals surface area contributed by atoms with Crippen LogP contribution < -0.4 is 16.4 Å². The first-order chi connectivity index (χ1) is 26.7. The van der Waals surface area contributed by atoms with Gasteiger partial charge >= 0.3 is 0 Å². The summed E-state index contributed by atoms with van der Waals surface area (Å²) in [6, 6.07) is 8.28. The average molecular weight is 791 g/mol. The highest BCUT2D eigenvalue weighted by atomic mass is 16.5. The standard InChI is InChI=1S/C20H37N3O3.C13H24N2O4.C7H9N.C3H8/c1-7-13(3)18(16(8-2)26-6)23(5)17(24)12-21-20(25)19-14-9-10-15(11-14)22(19)4;1-10(13(17)14-6-8-18-2)12(19-3)11-5-4-7-15(11)9-16;1-6-3-2-4-7(8)5-6;1-3-2/h13-16,18-19H,7-12H2,1-6H3,(H,21,25);9-12H,4-8H2,1-3H3,(H,14,17);2-5H,8H2,1H3;3H2,1-2H3. The van der Waals surface area contributed by atoms with Gasteiger partial charge in [-0.15, -0.1) is 0 Å². The number of likely N-dealkylation sites (tertiary alicyclic amines) is 2. The van der Waals surface area contributed by atoms with Crippen LogP contribution in [0.5, 0.6) is 0 Å². The van der Waals surface area contributed by atoms with E-state index in [2.05, 4.69) is 50.2 Å². The van der Waals surface area contributed by atoms with Crippen molar-refractivity contribution in [3.63, 3.8) is 0 Å². The Balaban J connectivity index is 0.000000453. The molecule has 3 fully saturated rings. The van der Waals surface area contributed by atoms with Crippen LogP contribution in [0.4, 0.5) is 5.69 Å². The van der Waals surface area contributed by atoms with Crippen molar-refractivity contribution in [1.29, 1.82) is 0 Å².